The summed E-state index contributed by atoms with van der Waals surface area (Å²) in [6, 6.07) is 10.2. The van der Waals surface area contributed by atoms with E-state index in [9.17, 15) is 9.59 Å². The smallest absolute Gasteiger partial charge is 0.332 e. The summed E-state index contributed by atoms with van der Waals surface area (Å²) in [4.78, 5) is 22.8. The topological polar surface area (TPSA) is 55.4 Å². The van der Waals surface area contributed by atoms with E-state index in [2.05, 4.69) is 29.6 Å². The van der Waals surface area contributed by atoms with Gasteiger partial charge < -0.3 is 10.1 Å². The van der Waals surface area contributed by atoms with E-state index >= 15 is 0 Å². The Morgan fingerprint density at radius 1 is 1.04 bits per heavy atom. The van der Waals surface area contributed by atoms with Crippen LogP contribution in [0.4, 0.5) is 0 Å². The molecule has 0 aromatic heterocycles. The minimum absolute atomic E-state index is 0.0393. The Morgan fingerprint density at radius 2 is 1.70 bits per heavy atom. The van der Waals surface area contributed by atoms with Crippen molar-refractivity contribution in [2.45, 2.75) is 70.4 Å². The van der Waals surface area contributed by atoms with Crippen molar-refractivity contribution in [3.05, 3.63) is 35.9 Å². The molecule has 0 saturated carbocycles. The quantitative estimate of drug-likeness (QED) is 0.531. The molecule has 0 spiro atoms. The summed E-state index contributed by atoms with van der Waals surface area (Å²) >= 11 is 0. The molecular formula is C19H27NO3. The van der Waals surface area contributed by atoms with Crippen LogP contribution in [0.3, 0.4) is 0 Å². The second-order valence-corrected chi connectivity index (χ2v) is 6.29. The van der Waals surface area contributed by atoms with Crippen LogP contribution in [-0.4, -0.2) is 24.0 Å². The van der Waals surface area contributed by atoms with Crippen molar-refractivity contribution in [3.8, 4) is 0 Å². The molecule has 1 heterocycles. The lowest BCUT2D eigenvalue weighted by Gasteiger charge is -2.32. The number of cyclic esters (lactones) is 1. The minimum atomic E-state index is -0.430. The van der Waals surface area contributed by atoms with Gasteiger partial charge in [-0.2, -0.15) is 0 Å². The van der Waals surface area contributed by atoms with Crippen molar-refractivity contribution in [1.82, 2.24) is 5.32 Å². The highest BCUT2D eigenvalue weighted by Gasteiger charge is 2.39. The predicted octanol–water partition coefficient (Wildman–Crippen LogP) is 3.39. The molecule has 126 valence electrons. The fourth-order valence-electron chi connectivity index (χ4n) is 2.83. The Labute approximate surface area is 138 Å². The molecule has 4 nitrogen and oxygen atoms in total. The molecule has 1 fully saturated rings. The predicted molar refractivity (Wildman–Crippen MR) is 89.9 cm³/mol. The molecule has 1 aliphatic rings. The average molecular weight is 317 g/mol. The molecule has 1 aliphatic heterocycles. The van der Waals surface area contributed by atoms with Crippen molar-refractivity contribution in [1.29, 1.82) is 0 Å². The Morgan fingerprint density at radius 3 is 2.35 bits per heavy atom. The maximum atomic E-state index is 11.7. The standard InChI is InChI=1S/C19H27NO3/c1-15-18(19(22)23-15)20-17(21)14-10-5-3-2-4-7-11-16-12-8-6-9-13-16/h6,8-9,12-13,15,18H,2-5,7,10-11,14H2,1H3,(H,20,21)/t15?,18-/m1/s1. The van der Waals surface area contributed by atoms with Gasteiger partial charge in [-0.25, -0.2) is 4.79 Å². The van der Waals surface area contributed by atoms with Crippen LogP contribution in [0.5, 0.6) is 0 Å². The van der Waals surface area contributed by atoms with E-state index in [0.717, 1.165) is 19.3 Å². The van der Waals surface area contributed by atoms with Gasteiger partial charge in [-0.15, -0.1) is 0 Å². The molecule has 1 aromatic carbocycles. The Balaban J connectivity index is 1.42. The summed E-state index contributed by atoms with van der Waals surface area (Å²) in [7, 11) is 0. The van der Waals surface area contributed by atoms with E-state index in [-0.39, 0.29) is 18.0 Å². The first-order valence-corrected chi connectivity index (χ1v) is 8.70. The molecule has 1 N–H and O–H groups in total. The summed E-state index contributed by atoms with van der Waals surface area (Å²) in [6.07, 6.45) is 8.29. The highest BCUT2D eigenvalue weighted by molar-refractivity contribution is 5.88. The van der Waals surface area contributed by atoms with Crippen molar-refractivity contribution in [3.63, 3.8) is 0 Å². The molecule has 0 bridgehead atoms. The number of esters is 1. The summed E-state index contributed by atoms with van der Waals surface area (Å²) in [5.74, 6) is -0.355. The number of rotatable bonds is 10. The maximum absolute atomic E-state index is 11.7. The van der Waals surface area contributed by atoms with E-state index in [1.54, 1.807) is 6.92 Å². The van der Waals surface area contributed by atoms with Gasteiger partial charge in [0.05, 0.1) is 0 Å². The SMILES string of the molecule is CC1OC(=O)[C@@H]1NC(=O)CCCCCCCCc1ccccc1. The van der Waals surface area contributed by atoms with E-state index in [1.807, 2.05) is 6.07 Å². The number of ether oxygens (including phenoxy) is 1. The number of carbonyl (C=O) groups is 2. The molecule has 1 unspecified atom stereocenters. The number of aryl methyl sites for hydroxylation is 1. The minimum Gasteiger partial charge on any atom is -0.458 e. The zero-order valence-electron chi connectivity index (χ0n) is 13.9. The summed E-state index contributed by atoms with van der Waals surface area (Å²) in [5, 5.41) is 2.73. The zero-order chi connectivity index (χ0) is 16.5. The first-order chi connectivity index (χ1) is 11.2. The largest absolute Gasteiger partial charge is 0.458 e. The lowest BCUT2D eigenvalue weighted by molar-refractivity contribution is -0.176. The summed E-state index contributed by atoms with van der Waals surface area (Å²) in [5.41, 5.74) is 1.41. The van der Waals surface area contributed by atoms with E-state index < -0.39 is 6.04 Å². The molecule has 1 saturated heterocycles. The van der Waals surface area contributed by atoms with Gasteiger partial charge in [-0.05, 0) is 31.7 Å². The molecule has 0 radical (unpaired) electrons. The van der Waals surface area contributed by atoms with Crippen LogP contribution in [0.1, 0.15) is 57.4 Å². The highest BCUT2D eigenvalue weighted by Crippen LogP contribution is 2.14. The number of hydrogen-bond acceptors (Lipinski definition) is 3. The third kappa shape index (κ3) is 6.05. The van der Waals surface area contributed by atoms with Crippen LogP contribution < -0.4 is 5.32 Å². The molecule has 2 rings (SSSR count). The lowest BCUT2D eigenvalue weighted by atomic mass is 10.0. The molecule has 1 aromatic rings. The monoisotopic (exact) mass is 317 g/mol. The first-order valence-electron chi connectivity index (χ1n) is 8.70. The number of benzene rings is 1. The third-order valence-corrected chi connectivity index (χ3v) is 4.30. The Bertz CT molecular complexity index is 501. The van der Waals surface area contributed by atoms with Crippen LogP contribution in [0.2, 0.25) is 0 Å². The van der Waals surface area contributed by atoms with Crippen molar-refractivity contribution < 1.29 is 14.3 Å². The van der Waals surface area contributed by atoms with E-state index in [4.69, 9.17) is 4.74 Å². The van der Waals surface area contributed by atoms with Gasteiger partial charge in [-0.1, -0.05) is 56.0 Å². The molecule has 23 heavy (non-hydrogen) atoms. The number of carbonyl (C=O) groups excluding carboxylic acids is 2. The van der Waals surface area contributed by atoms with Gasteiger partial charge >= 0.3 is 5.97 Å². The van der Waals surface area contributed by atoms with E-state index in [0.29, 0.717) is 6.42 Å². The van der Waals surface area contributed by atoms with Crippen LogP contribution in [0, 0.1) is 0 Å². The average Bonchev–Trinajstić information content (AvgIpc) is 2.56. The van der Waals surface area contributed by atoms with Crippen LogP contribution in [-0.2, 0) is 20.7 Å². The fourth-order valence-corrected chi connectivity index (χ4v) is 2.83. The first kappa shape index (κ1) is 17.5. The molecule has 2 atom stereocenters. The number of amides is 1. The summed E-state index contributed by atoms with van der Waals surface area (Å²) < 4.78 is 4.81. The lowest BCUT2D eigenvalue weighted by Crippen LogP contribution is -2.58. The van der Waals surface area contributed by atoms with Gasteiger partial charge in [-0.3, -0.25) is 4.79 Å². The normalized spacial score (nSPS) is 19.8. The molecular weight excluding hydrogens is 290 g/mol. The second-order valence-electron chi connectivity index (χ2n) is 6.29. The third-order valence-electron chi connectivity index (χ3n) is 4.30. The summed E-state index contributed by atoms with van der Waals surface area (Å²) in [6.45, 7) is 1.79. The van der Waals surface area contributed by atoms with Crippen LogP contribution in [0.25, 0.3) is 0 Å². The van der Waals surface area contributed by atoms with Crippen molar-refractivity contribution in [2.24, 2.45) is 0 Å². The second kappa shape index (κ2) is 9.33. The van der Waals surface area contributed by atoms with Crippen LogP contribution >= 0.6 is 0 Å². The molecule has 0 aliphatic carbocycles. The van der Waals surface area contributed by atoms with Crippen molar-refractivity contribution in [2.75, 3.05) is 0 Å². The number of nitrogens with one attached hydrogen (secondary N) is 1. The molecule has 1 amide bonds. The zero-order valence-corrected chi connectivity index (χ0v) is 13.9. The van der Waals surface area contributed by atoms with Crippen LogP contribution in [0.15, 0.2) is 30.3 Å². The highest BCUT2D eigenvalue weighted by atomic mass is 16.6. The van der Waals surface area contributed by atoms with Gasteiger partial charge in [0.15, 0.2) is 6.04 Å². The van der Waals surface area contributed by atoms with Crippen molar-refractivity contribution >= 4 is 11.9 Å². The van der Waals surface area contributed by atoms with Gasteiger partial charge in [0.2, 0.25) is 5.91 Å². The maximum Gasteiger partial charge on any atom is 0.332 e. The molecule has 4 heteroatoms. The fraction of sp³-hybridized carbons (Fsp3) is 0.579. The van der Waals surface area contributed by atoms with Gasteiger partial charge in [0.25, 0.3) is 0 Å². The number of hydrogen-bond donors (Lipinski definition) is 1. The van der Waals surface area contributed by atoms with E-state index in [1.165, 1.54) is 31.2 Å². The number of unbranched alkanes of at least 4 members (excludes halogenated alkanes) is 5. The Kier molecular flexibility index (Phi) is 7.11. The van der Waals surface area contributed by atoms with Gasteiger partial charge in [0, 0.05) is 6.42 Å². The van der Waals surface area contributed by atoms with Gasteiger partial charge in [0.1, 0.15) is 6.10 Å². The Hall–Kier alpha value is -1.84.